The molecular formula is C12H10ClNOS. The first-order valence-corrected chi connectivity index (χ1v) is 6.26. The lowest BCUT2D eigenvalue weighted by atomic mass is 10.2. The van der Waals surface area contributed by atoms with E-state index in [9.17, 15) is 4.79 Å². The molecule has 1 heterocycles. The van der Waals surface area contributed by atoms with E-state index in [2.05, 4.69) is 5.32 Å². The second-order valence-corrected chi connectivity index (χ2v) is 4.35. The van der Waals surface area contributed by atoms with Gasteiger partial charge >= 0.3 is 0 Å². The minimum Gasteiger partial charge on any atom is -0.322 e. The van der Waals surface area contributed by atoms with E-state index in [0.717, 1.165) is 11.3 Å². The number of anilines is 1. The van der Waals surface area contributed by atoms with E-state index in [4.69, 9.17) is 11.6 Å². The molecule has 2 aromatic rings. The van der Waals surface area contributed by atoms with Crippen LogP contribution in [-0.4, -0.2) is 5.91 Å². The van der Waals surface area contributed by atoms with Crippen LogP contribution in [0.3, 0.4) is 0 Å². The van der Waals surface area contributed by atoms with Gasteiger partial charge in [0.2, 0.25) is 0 Å². The summed E-state index contributed by atoms with van der Waals surface area (Å²) in [5.74, 6) is 0.357. The smallest absolute Gasteiger partial charge is 0.256 e. The van der Waals surface area contributed by atoms with Gasteiger partial charge in [0.05, 0.1) is 5.56 Å². The van der Waals surface area contributed by atoms with Gasteiger partial charge in [0.15, 0.2) is 0 Å². The molecular weight excluding hydrogens is 242 g/mol. The van der Waals surface area contributed by atoms with Gasteiger partial charge in [-0.3, -0.25) is 4.79 Å². The van der Waals surface area contributed by atoms with Crippen LogP contribution in [0.4, 0.5) is 5.69 Å². The van der Waals surface area contributed by atoms with Crippen molar-refractivity contribution in [2.45, 2.75) is 5.88 Å². The molecule has 0 saturated carbocycles. The Hall–Kier alpha value is -1.32. The minimum atomic E-state index is -0.0898. The molecule has 16 heavy (non-hydrogen) atoms. The predicted octanol–water partition coefficient (Wildman–Crippen LogP) is 3.74. The highest BCUT2D eigenvalue weighted by molar-refractivity contribution is 7.08. The van der Waals surface area contributed by atoms with Crippen LogP contribution in [0.1, 0.15) is 15.9 Å². The third kappa shape index (κ3) is 2.62. The van der Waals surface area contributed by atoms with E-state index in [1.165, 1.54) is 11.3 Å². The van der Waals surface area contributed by atoms with Crippen molar-refractivity contribution < 1.29 is 4.79 Å². The molecule has 0 aliphatic rings. The van der Waals surface area contributed by atoms with Crippen LogP contribution in [0.15, 0.2) is 41.1 Å². The molecule has 0 bridgehead atoms. The third-order valence-corrected chi connectivity index (χ3v) is 3.11. The normalized spacial score (nSPS) is 10.1. The second kappa shape index (κ2) is 5.14. The number of carbonyl (C=O) groups is 1. The first kappa shape index (κ1) is 11.2. The SMILES string of the molecule is O=C(Nc1cccc(CCl)c1)c1ccsc1. The molecule has 1 aromatic heterocycles. The van der Waals surface area contributed by atoms with Crippen molar-refractivity contribution >= 4 is 34.5 Å². The van der Waals surface area contributed by atoms with Crippen LogP contribution in [0.5, 0.6) is 0 Å². The van der Waals surface area contributed by atoms with E-state index < -0.39 is 0 Å². The van der Waals surface area contributed by atoms with Crippen molar-refractivity contribution in [2.75, 3.05) is 5.32 Å². The molecule has 2 rings (SSSR count). The fraction of sp³-hybridized carbons (Fsp3) is 0.0833. The lowest BCUT2D eigenvalue weighted by Crippen LogP contribution is -2.10. The number of hydrogen-bond acceptors (Lipinski definition) is 2. The van der Waals surface area contributed by atoms with Crippen LogP contribution in [0.25, 0.3) is 0 Å². The van der Waals surface area contributed by atoms with Gasteiger partial charge in [-0.05, 0) is 29.1 Å². The van der Waals surface area contributed by atoms with Gasteiger partial charge in [-0.25, -0.2) is 0 Å². The maximum Gasteiger partial charge on any atom is 0.256 e. The fourth-order valence-electron chi connectivity index (χ4n) is 1.33. The number of halogens is 1. The summed E-state index contributed by atoms with van der Waals surface area (Å²) >= 11 is 7.23. The maximum absolute atomic E-state index is 11.7. The van der Waals surface area contributed by atoms with Crippen LogP contribution in [0, 0.1) is 0 Å². The van der Waals surface area contributed by atoms with Gasteiger partial charge in [-0.2, -0.15) is 11.3 Å². The lowest BCUT2D eigenvalue weighted by molar-refractivity contribution is 0.102. The van der Waals surface area contributed by atoms with Crippen LogP contribution < -0.4 is 5.32 Å². The number of hydrogen-bond donors (Lipinski definition) is 1. The number of nitrogens with one attached hydrogen (secondary N) is 1. The molecule has 0 aliphatic heterocycles. The van der Waals surface area contributed by atoms with Crippen molar-refractivity contribution in [2.24, 2.45) is 0 Å². The van der Waals surface area contributed by atoms with Crippen molar-refractivity contribution in [3.8, 4) is 0 Å². The Bertz CT molecular complexity index is 482. The summed E-state index contributed by atoms with van der Waals surface area (Å²) in [4.78, 5) is 11.7. The highest BCUT2D eigenvalue weighted by atomic mass is 35.5. The Morgan fingerprint density at radius 3 is 2.94 bits per heavy atom. The fourth-order valence-corrected chi connectivity index (χ4v) is 2.13. The van der Waals surface area contributed by atoms with Gasteiger partial charge < -0.3 is 5.32 Å². The summed E-state index contributed by atoms with van der Waals surface area (Å²) in [6.07, 6.45) is 0. The standard InChI is InChI=1S/C12H10ClNOS/c13-7-9-2-1-3-11(6-9)14-12(15)10-4-5-16-8-10/h1-6,8H,7H2,(H,14,15). The zero-order valence-corrected chi connectivity index (χ0v) is 10.0. The molecule has 0 unspecified atom stereocenters. The molecule has 0 atom stereocenters. The zero-order chi connectivity index (χ0) is 11.4. The van der Waals surface area contributed by atoms with Gasteiger partial charge in [-0.15, -0.1) is 11.6 Å². The first-order valence-electron chi connectivity index (χ1n) is 4.78. The summed E-state index contributed by atoms with van der Waals surface area (Å²) < 4.78 is 0. The molecule has 2 nitrogen and oxygen atoms in total. The molecule has 4 heteroatoms. The van der Waals surface area contributed by atoms with E-state index in [-0.39, 0.29) is 5.91 Å². The van der Waals surface area contributed by atoms with Gasteiger partial charge in [0, 0.05) is 16.9 Å². The summed E-state index contributed by atoms with van der Waals surface area (Å²) in [5, 5.41) is 6.53. The number of alkyl halides is 1. The summed E-state index contributed by atoms with van der Waals surface area (Å²) in [5.41, 5.74) is 2.44. The van der Waals surface area contributed by atoms with Crippen molar-refractivity contribution in [1.29, 1.82) is 0 Å². The second-order valence-electron chi connectivity index (χ2n) is 3.30. The Kier molecular flexibility index (Phi) is 3.59. The molecule has 1 N–H and O–H groups in total. The third-order valence-electron chi connectivity index (χ3n) is 2.12. The maximum atomic E-state index is 11.7. The van der Waals surface area contributed by atoms with Crippen molar-refractivity contribution in [1.82, 2.24) is 0 Å². The van der Waals surface area contributed by atoms with E-state index >= 15 is 0 Å². The summed E-state index contributed by atoms with van der Waals surface area (Å²) in [6.45, 7) is 0. The molecule has 0 radical (unpaired) electrons. The number of thiophene rings is 1. The molecule has 1 amide bonds. The zero-order valence-electron chi connectivity index (χ0n) is 8.44. The van der Waals surface area contributed by atoms with Gasteiger partial charge in [0.1, 0.15) is 0 Å². The Morgan fingerprint density at radius 2 is 2.25 bits per heavy atom. The van der Waals surface area contributed by atoms with E-state index in [0.29, 0.717) is 11.4 Å². The van der Waals surface area contributed by atoms with Gasteiger partial charge in [0.25, 0.3) is 5.91 Å². The van der Waals surface area contributed by atoms with E-state index in [1.54, 1.807) is 6.07 Å². The van der Waals surface area contributed by atoms with Crippen LogP contribution in [0.2, 0.25) is 0 Å². The summed E-state index contributed by atoms with van der Waals surface area (Å²) in [7, 11) is 0. The topological polar surface area (TPSA) is 29.1 Å². The molecule has 82 valence electrons. The number of carbonyl (C=O) groups excluding carboxylic acids is 1. The Balaban J connectivity index is 2.12. The predicted molar refractivity (Wildman–Crippen MR) is 68.3 cm³/mol. The molecule has 0 saturated heterocycles. The first-order chi connectivity index (χ1) is 7.79. The number of benzene rings is 1. The monoisotopic (exact) mass is 251 g/mol. The molecule has 0 spiro atoms. The summed E-state index contributed by atoms with van der Waals surface area (Å²) in [6, 6.07) is 9.32. The van der Waals surface area contributed by atoms with E-state index in [1.807, 2.05) is 35.0 Å². The lowest BCUT2D eigenvalue weighted by Gasteiger charge is -2.04. The quantitative estimate of drug-likeness (QED) is 0.828. The van der Waals surface area contributed by atoms with Gasteiger partial charge in [-0.1, -0.05) is 12.1 Å². The molecule has 0 aliphatic carbocycles. The minimum absolute atomic E-state index is 0.0898. The number of rotatable bonds is 3. The largest absolute Gasteiger partial charge is 0.322 e. The van der Waals surface area contributed by atoms with Crippen molar-refractivity contribution in [3.05, 3.63) is 52.2 Å². The Morgan fingerprint density at radius 1 is 1.38 bits per heavy atom. The highest BCUT2D eigenvalue weighted by Crippen LogP contribution is 2.14. The average Bonchev–Trinajstić information content (AvgIpc) is 2.83. The van der Waals surface area contributed by atoms with Crippen LogP contribution in [-0.2, 0) is 5.88 Å². The molecule has 1 aromatic carbocycles. The highest BCUT2D eigenvalue weighted by Gasteiger charge is 2.05. The average molecular weight is 252 g/mol. The number of amides is 1. The molecule has 0 fully saturated rings. The van der Waals surface area contributed by atoms with Crippen molar-refractivity contribution in [3.63, 3.8) is 0 Å². The van der Waals surface area contributed by atoms with Crippen LogP contribution >= 0.6 is 22.9 Å². The Labute approximate surface area is 103 Å².